The molecular formula is C29H29ClF2N4O3. The molecular weight excluding hydrogens is 526 g/mol. The molecule has 0 spiro atoms. The number of carbonyl (C=O) groups excluding carboxylic acids is 1. The van der Waals surface area contributed by atoms with E-state index in [4.69, 9.17) is 21.1 Å². The van der Waals surface area contributed by atoms with Crippen molar-refractivity contribution >= 4 is 28.6 Å². The zero-order valence-electron chi connectivity index (χ0n) is 22.1. The minimum absolute atomic E-state index is 0.0501. The summed E-state index contributed by atoms with van der Waals surface area (Å²) < 4.78 is 43.8. The van der Waals surface area contributed by atoms with Gasteiger partial charge in [-0.15, -0.1) is 0 Å². The third-order valence-electron chi connectivity index (χ3n) is 7.14. The number of rotatable bonds is 3. The SMILES string of the molecule is CCC1Oc2cc(-c3cnc([C@@H]4C[C@@H](F)CN4C(=O)OC(C)(C)C)[nH]3)ccc2-c2c(F)c3cc(Cl)ccc3n21. The standard InChI is InChI=1S/C29H29ClF2N4O3/c1-5-24-36-21-9-7-16(30)11-19(21)25(32)26(36)18-8-6-15(10-23(18)38-24)20-13-33-27(34-20)22-12-17(31)14-35(22)28(37)39-29(2,3)4/h6-11,13,17,22,24H,5,12,14H2,1-4H3,(H,33,34)/t17-,22+,24?/m1/s1. The number of nitrogens with zero attached hydrogens (tertiary/aromatic N) is 3. The highest BCUT2D eigenvalue weighted by atomic mass is 35.5. The van der Waals surface area contributed by atoms with Crippen molar-refractivity contribution in [3.8, 4) is 28.3 Å². The van der Waals surface area contributed by atoms with E-state index in [9.17, 15) is 9.18 Å². The van der Waals surface area contributed by atoms with Gasteiger partial charge in [0.25, 0.3) is 0 Å². The molecule has 4 heterocycles. The van der Waals surface area contributed by atoms with Gasteiger partial charge >= 0.3 is 6.09 Å². The number of likely N-dealkylation sites (tertiary alicyclic amines) is 1. The van der Waals surface area contributed by atoms with Gasteiger partial charge in [-0.05, 0) is 51.1 Å². The van der Waals surface area contributed by atoms with Gasteiger partial charge in [-0.2, -0.15) is 0 Å². The monoisotopic (exact) mass is 554 g/mol. The molecule has 1 unspecified atom stereocenters. The van der Waals surface area contributed by atoms with Gasteiger partial charge in [-0.1, -0.05) is 24.6 Å². The molecule has 0 radical (unpaired) electrons. The van der Waals surface area contributed by atoms with Gasteiger partial charge in [0.2, 0.25) is 0 Å². The Hall–Kier alpha value is -3.59. The quantitative estimate of drug-likeness (QED) is 0.280. The van der Waals surface area contributed by atoms with Crippen LogP contribution >= 0.6 is 11.6 Å². The number of halogens is 3. The molecule has 1 saturated heterocycles. The van der Waals surface area contributed by atoms with Crippen LogP contribution in [0.5, 0.6) is 5.75 Å². The molecule has 1 fully saturated rings. The van der Waals surface area contributed by atoms with Crippen molar-refractivity contribution in [1.82, 2.24) is 19.4 Å². The second-order valence-electron chi connectivity index (χ2n) is 11.0. The van der Waals surface area contributed by atoms with Gasteiger partial charge in [0.15, 0.2) is 12.0 Å². The summed E-state index contributed by atoms with van der Waals surface area (Å²) in [6.07, 6.45) is 0.271. The number of alkyl halides is 1. The summed E-state index contributed by atoms with van der Waals surface area (Å²) in [5, 5.41) is 0.919. The van der Waals surface area contributed by atoms with Gasteiger partial charge in [-0.25, -0.2) is 18.6 Å². The highest BCUT2D eigenvalue weighted by Gasteiger charge is 2.40. The number of aromatic nitrogens is 3. The number of amides is 1. The number of carbonyl (C=O) groups is 1. The van der Waals surface area contributed by atoms with E-state index in [0.29, 0.717) is 45.4 Å². The molecule has 2 aliphatic heterocycles. The Morgan fingerprint density at radius 1 is 1.26 bits per heavy atom. The first kappa shape index (κ1) is 25.7. The Labute approximate surface area is 229 Å². The molecule has 10 heteroatoms. The van der Waals surface area contributed by atoms with Crippen LogP contribution in [0.1, 0.15) is 58.6 Å². The maximum atomic E-state index is 15.7. The molecule has 7 nitrogen and oxygen atoms in total. The number of nitrogens with one attached hydrogen (secondary N) is 1. The fraction of sp³-hybridized carbons (Fsp3) is 0.379. The van der Waals surface area contributed by atoms with Crippen LogP contribution in [0.15, 0.2) is 42.6 Å². The van der Waals surface area contributed by atoms with Gasteiger partial charge in [0, 0.05) is 34.4 Å². The topological polar surface area (TPSA) is 72.4 Å². The highest BCUT2D eigenvalue weighted by molar-refractivity contribution is 6.31. The lowest BCUT2D eigenvalue weighted by Crippen LogP contribution is -2.37. The first-order valence-corrected chi connectivity index (χ1v) is 13.4. The third kappa shape index (κ3) is 4.42. The van der Waals surface area contributed by atoms with Crippen molar-refractivity contribution in [2.24, 2.45) is 0 Å². The second kappa shape index (κ2) is 9.26. The lowest BCUT2D eigenvalue weighted by molar-refractivity contribution is 0.0211. The van der Waals surface area contributed by atoms with Crippen molar-refractivity contribution in [1.29, 1.82) is 0 Å². The van der Waals surface area contributed by atoms with E-state index in [-0.39, 0.29) is 18.8 Å². The van der Waals surface area contributed by atoms with E-state index >= 15 is 4.39 Å². The first-order valence-electron chi connectivity index (χ1n) is 13.0. The summed E-state index contributed by atoms with van der Waals surface area (Å²) >= 11 is 6.16. The number of hydrogen-bond donors (Lipinski definition) is 1. The Morgan fingerprint density at radius 2 is 2.05 bits per heavy atom. The van der Waals surface area contributed by atoms with Crippen LogP contribution in [-0.2, 0) is 4.74 Å². The van der Waals surface area contributed by atoms with Crippen molar-refractivity contribution in [2.45, 2.75) is 64.6 Å². The van der Waals surface area contributed by atoms with Crippen molar-refractivity contribution in [3.05, 3.63) is 59.3 Å². The number of hydrogen-bond acceptors (Lipinski definition) is 4. The normalized spacial score (nSPS) is 20.6. The molecule has 6 rings (SSSR count). The zero-order chi connectivity index (χ0) is 27.6. The molecule has 204 valence electrons. The highest BCUT2D eigenvalue weighted by Crippen LogP contribution is 2.46. The van der Waals surface area contributed by atoms with Gasteiger partial charge in [-0.3, -0.25) is 4.90 Å². The number of H-pyrrole nitrogens is 1. The van der Waals surface area contributed by atoms with E-state index in [2.05, 4.69) is 9.97 Å². The van der Waals surface area contributed by atoms with E-state index < -0.39 is 30.1 Å². The molecule has 0 aliphatic carbocycles. The van der Waals surface area contributed by atoms with E-state index in [1.807, 2.05) is 35.8 Å². The van der Waals surface area contributed by atoms with Crippen LogP contribution in [0.4, 0.5) is 13.6 Å². The fourth-order valence-corrected chi connectivity index (χ4v) is 5.63. The molecule has 2 aromatic carbocycles. The molecule has 1 N–H and O–H groups in total. The predicted octanol–water partition coefficient (Wildman–Crippen LogP) is 7.81. The number of aromatic amines is 1. The lowest BCUT2D eigenvalue weighted by atomic mass is 10.0. The van der Waals surface area contributed by atoms with Crippen molar-refractivity contribution < 1.29 is 23.0 Å². The predicted molar refractivity (Wildman–Crippen MR) is 145 cm³/mol. The van der Waals surface area contributed by atoms with Gasteiger partial charge in [0.1, 0.15) is 23.3 Å². The number of ether oxygens (including phenoxy) is 2. The maximum absolute atomic E-state index is 15.7. The minimum atomic E-state index is -1.17. The van der Waals surface area contributed by atoms with E-state index in [1.165, 1.54) is 4.90 Å². The molecule has 2 aliphatic rings. The molecule has 0 saturated carbocycles. The average molecular weight is 555 g/mol. The lowest BCUT2D eigenvalue weighted by Gasteiger charge is -2.29. The van der Waals surface area contributed by atoms with Crippen LogP contribution in [0.2, 0.25) is 5.02 Å². The van der Waals surface area contributed by atoms with Crippen LogP contribution in [0.25, 0.3) is 33.4 Å². The molecule has 0 bridgehead atoms. The van der Waals surface area contributed by atoms with Gasteiger partial charge in [0.05, 0.1) is 35.7 Å². The summed E-state index contributed by atoms with van der Waals surface area (Å²) in [7, 11) is 0. The van der Waals surface area contributed by atoms with E-state index in [1.54, 1.807) is 39.1 Å². The smallest absolute Gasteiger partial charge is 0.411 e. The molecule has 2 aromatic heterocycles. The van der Waals surface area contributed by atoms with Crippen molar-refractivity contribution in [3.63, 3.8) is 0 Å². The Bertz CT molecular complexity index is 1590. The largest absolute Gasteiger partial charge is 0.469 e. The molecule has 1 amide bonds. The van der Waals surface area contributed by atoms with Crippen LogP contribution in [0.3, 0.4) is 0 Å². The maximum Gasteiger partial charge on any atom is 0.411 e. The summed E-state index contributed by atoms with van der Waals surface area (Å²) in [6.45, 7) is 7.26. The first-order chi connectivity index (χ1) is 18.5. The summed E-state index contributed by atoms with van der Waals surface area (Å²) in [5.74, 6) is 0.691. The Balaban J connectivity index is 1.35. The van der Waals surface area contributed by atoms with E-state index in [0.717, 1.165) is 11.1 Å². The molecule has 39 heavy (non-hydrogen) atoms. The zero-order valence-corrected chi connectivity index (χ0v) is 22.9. The van der Waals surface area contributed by atoms with Crippen LogP contribution in [0, 0.1) is 5.82 Å². The second-order valence-corrected chi connectivity index (χ2v) is 11.5. The third-order valence-corrected chi connectivity index (χ3v) is 7.38. The number of imidazole rings is 1. The van der Waals surface area contributed by atoms with Crippen molar-refractivity contribution in [2.75, 3.05) is 6.54 Å². The summed E-state index contributed by atoms with van der Waals surface area (Å²) in [4.78, 5) is 21.9. The summed E-state index contributed by atoms with van der Waals surface area (Å²) in [5.41, 5.74) is 2.58. The average Bonchev–Trinajstić information content (AvgIpc) is 3.59. The Morgan fingerprint density at radius 3 is 2.79 bits per heavy atom. The molecule has 3 atom stereocenters. The fourth-order valence-electron chi connectivity index (χ4n) is 5.46. The number of benzene rings is 2. The van der Waals surface area contributed by atoms with Crippen LogP contribution < -0.4 is 4.74 Å². The summed E-state index contributed by atoms with van der Waals surface area (Å²) in [6, 6.07) is 10.2. The van der Waals surface area contributed by atoms with Crippen LogP contribution in [-0.4, -0.2) is 43.8 Å². The Kier molecular flexibility index (Phi) is 6.10. The van der Waals surface area contributed by atoms with Gasteiger partial charge < -0.3 is 19.0 Å². The molecule has 4 aromatic rings. The minimum Gasteiger partial charge on any atom is -0.469 e. The number of fused-ring (bicyclic) bond motifs is 5.